The Morgan fingerprint density at radius 1 is 1.10 bits per heavy atom. The standard InChI is InChI=1S/C20H18N4O4S2/c21-13-16-4-1-2-5-17(16)14-29-20-23-22-19(28-20)15-6-3-7-18(12-15)30(25,26)24-8-10-27-11-9-24/h1-7,12H,8-11,14H2. The third-order valence-corrected chi connectivity index (χ3v) is 7.35. The van der Waals surface area contributed by atoms with Gasteiger partial charge >= 0.3 is 0 Å². The lowest BCUT2D eigenvalue weighted by Crippen LogP contribution is -2.40. The molecule has 0 aliphatic carbocycles. The van der Waals surface area contributed by atoms with E-state index < -0.39 is 10.0 Å². The van der Waals surface area contributed by atoms with Gasteiger partial charge in [-0.2, -0.15) is 9.57 Å². The molecule has 0 bridgehead atoms. The summed E-state index contributed by atoms with van der Waals surface area (Å²) in [7, 11) is -3.61. The predicted molar refractivity (Wildman–Crippen MR) is 110 cm³/mol. The third kappa shape index (κ3) is 4.39. The predicted octanol–water partition coefficient (Wildman–Crippen LogP) is 2.92. The van der Waals surface area contributed by atoms with Crippen LogP contribution in [0.25, 0.3) is 11.5 Å². The SMILES string of the molecule is N#Cc1ccccc1CSc1nnc(-c2cccc(S(=O)(=O)N3CCOCC3)c2)o1. The molecule has 2 aromatic carbocycles. The maximum Gasteiger partial charge on any atom is 0.277 e. The van der Waals surface area contributed by atoms with E-state index in [4.69, 9.17) is 9.15 Å². The van der Waals surface area contributed by atoms with Crippen LogP contribution in [-0.2, 0) is 20.5 Å². The number of hydrogen-bond acceptors (Lipinski definition) is 8. The second kappa shape index (κ2) is 8.97. The fraction of sp³-hybridized carbons (Fsp3) is 0.250. The second-order valence-electron chi connectivity index (χ2n) is 6.48. The molecule has 1 saturated heterocycles. The molecule has 0 unspecified atom stereocenters. The highest BCUT2D eigenvalue weighted by Gasteiger charge is 2.26. The highest BCUT2D eigenvalue weighted by Crippen LogP contribution is 2.28. The Bertz CT molecular complexity index is 1180. The summed E-state index contributed by atoms with van der Waals surface area (Å²) in [6.45, 7) is 1.44. The quantitative estimate of drug-likeness (QED) is 0.536. The molecule has 154 valence electrons. The summed E-state index contributed by atoms with van der Waals surface area (Å²) < 4.78 is 38.1. The van der Waals surface area contributed by atoms with Gasteiger partial charge in [-0.1, -0.05) is 36.0 Å². The summed E-state index contributed by atoms with van der Waals surface area (Å²) in [5.74, 6) is 0.752. The van der Waals surface area contributed by atoms with Crippen LogP contribution in [0.3, 0.4) is 0 Å². The number of nitriles is 1. The summed E-state index contributed by atoms with van der Waals surface area (Å²) in [5.41, 5.74) is 2.01. The number of hydrogen-bond donors (Lipinski definition) is 0. The van der Waals surface area contributed by atoms with E-state index in [1.54, 1.807) is 24.3 Å². The van der Waals surface area contributed by atoms with Crippen molar-refractivity contribution in [2.45, 2.75) is 15.9 Å². The Hall–Kier alpha value is -2.71. The number of rotatable bonds is 6. The smallest absolute Gasteiger partial charge is 0.277 e. The van der Waals surface area contributed by atoms with E-state index in [9.17, 15) is 13.7 Å². The Kier molecular flexibility index (Phi) is 6.15. The van der Waals surface area contributed by atoms with Crippen LogP contribution in [0.15, 0.2) is 63.1 Å². The molecule has 1 aromatic heterocycles. The van der Waals surface area contributed by atoms with Gasteiger partial charge in [0.15, 0.2) is 0 Å². The fourth-order valence-electron chi connectivity index (χ4n) is 3.01. The van der Waals surface area contributed by atoms with Crippen molar-refractivity contribution in [2.75, 3.05) is 26.3 Å². The molecule has 3 aromatic rings. The average Bonchev–Trinajstić information content (AvgIpc) is 3.28. The van der Waals surface area contributed by atoms with E-state index >= 15 is 0 Å². The lowest BCUT2D eigenvalue weighted by Gasteiger charge is -2.26. The highest BCUT2D eigenvalue weighted by molar-refractivity contribution is 7.98. The molecular weight excluding hydrogens is 424 g/mol. The molecule has 0 radical (unpaired) electrons. The van der Waals surface area contributed by atoms with E-state index in [1.165, 1.54) is 22.1 Å². The zero-order valence-electron chi connectivity index (χ0n) is 15.9. The van der Waals surface area contributed by atoms with E-state index in [1.807, 2.05) is 18.2 Å². The maximum atomic E-state index is 12.9. The van der Waals surface area contributed by atoms with Gasteiger partial charge in [-0.05, 0) is 29.8 Å². The van der Waals surface area contributed by atoms with Crippen LogP contribution in [0.4, 0.5) is 0 Å². The number of benzene rings is 2. The second-order valence-corrected chi connectivity index (χ2v) is 9.34. The highest BCUT2D eigenvalue weighted by atomic mass is 32.2. The van der Waals surface area contributed by atoms with Crippen molar-refractivity contribution in [3.05, 3.63) is 59.7 Å². The first-order chi connectivity index (χ1) is 14.6. The third-order valence-electron chi connectivity index (χ3n) is 4.58. The lowest BCUT2D eigenvalue weighted by molar-refractivity contribution is 0.0730. The molecule has 0 N–H and O–H groups in total. The zero-order chi connectivity index (χ0) is 21.0. The van der Waals surface area contributed by atoms with Gasteiger partial charge < -0.3 is 9.15 Å². The topological polar surface area (TPSA) is 109 Å². The largest absolute Gasteiger partial charge is 0.411 e. The molecular formula is C20H18N4O4S2. The lowest BCUT2D eigenvalue weighted by atomic mass is 10.1. The van der Waals surface area contributed by atoms with Crippen molar-refractivity contribution in [1.82, 2.24) is 14.5 Å². The van der Waals surface area contributed by atoms with E-state index in [0.29, 0.717) is 48.4 Å². The Morgan fingerprint density at radius 2 is 1.90 bits per heavy atom. The van der Waals surface area contributed by atoms with E-state index in [-0.39, 0.29) is 10.8 Å². The van der Waals surface area contributed by atoms with Crippen molar-refractivity contribution in [2.24, 2.45) is 0 Å². The summed E-state index contributed by atoms with van der Waals surface area (Å²) >= 11 is 1.32. The van der Waals surface area contributed by atoms with Crippen molar-refractivity contribution < 1.29 is 17.6 Å². The van der Waals surface area contributed by atoms with Crippen LogP contribution < -0.4 is 0 Å². The van der Waals surface area contributed by atoms with Gasteiger partial charge in [-0.25, -0.2) is 8.42 Å². The van der Waals surface area contributed by atoms with E-state index in [2.05, 4.69) is 16.3 Å². The molecule has 2 heterocycles. The van der Waals surface area contributed by atoms with Crippen LogP contribution in [0.1, 0.15) is 11.1 Å². The number of thioether (sulfide) groups is 1. The number of sulfonamides is 1. The molecule has 0 amide bonds. The van der Waals surface area contributed by atoms with Crippen molar-refractivity contribution in [1.29, 1.82) is 5.26 Å². The monoisotopic (exact) mass is 442 g/mol. The normalized spacial score (nSPS) is 15.0. The van der Waals surface area contributed by atoms with Gasteiger partial charge in [-0.3, -0.25) is 0 Å². The minimum atomic E-state index is -3.61. The van der Waals surface area contributed by atoms with Crippen LogP contribution in [0.2, 0.25) is 0 Å². The van der Waals surface area contributed by atoms with Gasteiger partial charge in [0.05, 0.1) is 29.7 Å². The molecule has 0 spiro atoms. The molecule has 0 saturated carbocycles. The first kappa shape index (κ1) is 20.6. The van der Waals surface area contributed by atoms with Gasteiger partial charge in [0, 0.05) is 24.4 Å². The Morgan fingerprint density at radius 3 is 2.70 bits per heavy atom. The first-order valence-electron chi connectivity index (χ1n) is 9.20. The molecule has 8 nitrogen and oxygen atoms in total. The molecule has 4 rings (SSSR count). The molecule has 1 aliphatic heterocycles. The Balaban J connectivity index is 1.51. The summed E-state index contributed by atoms with van der Waals surface area (Å²) in [6.07, 6.45) is 0. The first-order valence-corrected chi connectivity index (χ1v) is 11.6. The molecule has 30 heavy (non-hydrogen) atoms. The summed E-state index contributed by atoms with van der Waals surface area (Å²) in [6, 6.07) is 16.0. The maximum absolute atomic E-state index is 12.9. The average molecular weight is 443 g/mol. The zero-order valence-corrected chi connectivity index (χ0v) is 17.5. The van der Waals surface area contributed by atoms with Gasteiger partial charge in [-0.15, -0.1) is 10.2 Å². The summed E-state index contributed by atoms with van der Waals surface area (Å²) in [5, 5.41) is 17.6. The van der Waals surface area contributed by atoms with Gasteiger partial charge in [0.1, 0.15) is 0 Å². The molecule has 1 fully saturated rings. The van der Waals surface area contributed by atoms with Crippen LogP contribution >= 0.6 is 11.8 Å². The van der Waals surface area contributed by atoms with E-state index in [0.717, 1.165) is 5.56 Å². The van der Waals surface area contributed by atoms with Crippen molar-refractivity contribution >= 4 is 21.8 Å². The minimum Gasteiger partial charge on any atom is -0.411 e. The van der Waals surface area contributed by atoms with Crippen molar-refractivity contribution in [3.8, 4) is 17.5 Å². The van der Waals surface area contributed by atoms with Crippen molar-refractivity contribution in [3.63, 3.8) is 0 Å². The fourth-order valence-corrected chi connectivity index (χ4v) is 5.23. The number of morpholine rings is 1. The molecule has 0 atom stereocenters. The number of ether oxygens (including phenoxy) is 1. The number of aromatic nitrogens is 2. The summed E-state index contributed by atoms with van der Waals surface area (Å²) in [4.78, 5) is 0.178. The van der Waals surface area contributed by atoms with Crippen LogP contribution in [0, 0.1) is 11.3 Å². The molecule has 1 aliphatic rings. The van der Waals surface area contributed by atoms with Crippen LogP contribution in [-0.4, -0.2) is 49.2 Å². The van der Waals surface area contributed by atoms with Crippen LogP contribution in [0.5, 0.6) is 0 Å². The minimum absolute atomic E-state index is 0.178. The molecule has 10 heteroatoms. The Labute approximate surface area is 178 Å². The van der Waals surface area contributed by atoms with Gasteiger partial charge in [0.2, 0.25) is 15.9 Å². The number of nitrogens with zero attached hydrogens (tertiary/aromatic N) is 4. The van der Waals surface area contributed by atoms with Gasteiger partial charge in [0.25, 0.3) is 5.22 Å².